The Kier molecular flexibility index (Phi) is 5.21. The first kappa shape index (κ1) is 16.5. The maximum absolute atomic E-state index is 12.8. The first-order valence-corrected chi connectivity index (χ1v) is 8.76. The Morgan fingerprint density at radius 3 is 2.36 bits per heavy atom. The van der Waals surface area contributed by atoms with Gasteiger partial charge in [-0.1, -0.05) is 31.2 Å². The molecule has 2 rings (SSSR count). The summed E-state index contributed by atoms with van der Waals surface area (Å²) in [5.41, 5.74) is 7.11. The summed E-state index contributed by atoms with van der Waals surface area (Å²) in [6.45, 7) is 4.54. The second kappa shape index (κ2) is 6.94. The summed E-state index contributed by atoms with van der Waals surface area (Å²) < 4.78 is 31.3. The number of hydrogen-bond acceptors (Lipinski definition) is 4. The van der Waals surface area contributed by atoms with Crippen molar-refractivity contribution in [2.24, 2.45) is 5.73 Å². The summed E-state index contributed by atoms with van der Waals surface area (Å²) >= 11 is 0. The van der Waals surface area contributed by atoms with Crippen LogP contribution >= 0.6 is 0 Å². The maximum atomic E-state index is 12.8. The van der Waals surface area contributed by atoms with Crippen LogP contribution in [0, 0.1) is 6.92 Å². The summed E-state index contributed by atoms with van der Waals surface area (Å²) in [5, 5.41) is 0. The van der Waals surface area contributed by atoms with E-state index in [0.29, 0.717) is 24.5 Å². The zero-order chi connectivity index (χ0) is 16.2. The SMILES string of the molecule is CCc1ccc(S(=O)(=O)c2ccccc2)c(C)c1OCCN. The van der Waals surface area contributed by atoms with Gasteiger partial charge in [0.25, 0.3) is 0 Å². The summed E-state index contributed by atoms with van der Waals surface area (Å²) in [6.07, 6.45) is 0.770. The van der Waals surface area contributed by atoms with E-state index >= 15 is 0 Å². The molecule has 0 amide bonds. The van der Waals surface area contributed by atoms with Gasteiger partial charge in [0.2, 0.25) is 9.84 Å². The molecule has 0 saturated heterocycles. The van der Waals surface area contributed by atoms with Crippen LogP contribution in [0.5, 0.6) is 5.75 Å². The Bertz CT molecular complexity index is 740. The smallest absolute Gasteiger partial charge is 0.206 e. The molecule has 0 saturated carbocycles. The highest BCUT2D eigenvalue weighted by atomic mass is 32.2. The molecule has 4 nitrogen and oxygen atoms in total. The van der Waals surface area contributed by atoms with Crippen molar-refractivity contribution in [2.75, 3.05) is 13.2 Å². The maximum Gasteiger partial charge on any atom is 0.206 e. The normalized spacial score (nSPS) is 11.4. The van der Waals surface area contributed by atoms with Crippen molar-refractivity contribution >= 4 is 9.84 Å². The van der Waals surface area contributed by atoms with Gasteiger partial charge in [-0.2, -0.15) is 0 Å². The lowest BCUT2D eigenvalue weighted by Gasteiger charge is -2.16. The number of nitrogens with two attached hydrogens (primary N) is 1. The van der Waals surface area contributed by atoms with Crippen LogP contribution in [0.25, 0.3) is 0 Å². The zero-order valence-corrected chi connectivity index (χ0v) is 13.7. The van der Waals surface area contributed by atoms with E-state index in [1.54, 1.807) is 43.3 Å². The number of aryl methyl sites for hydroxylation is 1. The highest BCUT2D eigenvalue weighted by Crippen LogP contribution is 2.32. The highest BCUT2D eigenvalue weighted by molar-refractivity contribution is 7.91. The van der Waals surface area contributed by atoms with Gasteiger partial charge >= 0.3 is 0 Å². The number of benzene rings is 2. The van der Waals surface area contributed by atoms with Crippen LogP contribution in [0.4, 0.5) is 0 Å². The molecule has 5 heteroatoms. The highest BCUT2D eigenvalue weighted by Gasteiger charge is 2.22. The van der Waals surface area contributed by atoms with E-state index in [1.165, 1.54) is 0 Å². The van der Waals surface area contributed by atoms with Crippen LogP contribution in [0.1, 0.15) is 18.1 Å². The fourth-order valence-electron chi connectivity index (χ4n) is 2.39. The third kappa shape index (κ3) is 3.15. The number of rotatable bonds is 6. The van der Waals surface area contributed by atoms with Crippen LogP contribution in [0.15, 0.2) is 52.3 Å². The minimum atomic E-state index is -3.55. The molecule has 0 aliphatic heterocycles. The van der Waals surface area contributed by atoms with Gasteiger partial charge in [-0.15, -0.1) is 0 Å². The van der Waals surface area contributed by atoms with Gasteiger partial charge in [0, 0.05) is 12.1 Å². The summed E-state index contributed by atoms with van der Waals surface area (Å²) in [5.74, 6) is 0.630. The van der Waals surface area contributed by atoms with Gasteiger partial charge in [-0.25, -0.2) is 8.42 Å². The fourth-order valence-corrected chi connectivity index (χ4v) is 3.90. The minimum absolute atomic E-state index is 0.280. The first-order valence-electron chi connectivity index (χ1n) is 7.27. The Morgan fingerprint density at radius 2 is 1.77 bits per heavy atom. The Morgan fingerprint density at radius 1 is 1.09 bits per heavy atom. The molecule has 0 fully saturated rings. The first-order chi connectivity index (χ1) is 10.5. The molecule has 0 atom stereocenters. The molecule has 118 valence electrons. The predicted molar refractivity (Wildman–Crippen MR) is 87.0 cm³/mol. The fraction of sp³-hybridized carbons (Fsp3) is 0.294. The second-order valence-corrected chi connectivity index (χ2v) is 6.90. The summed E-state index contributed by atoms with van der Waals surface area (Å²) in [6, 6.07) is 11.9. The van der Waals surface area contributed by atoms with E-state index in [4.69, 9.17) is 10.5 Å². The standard InChI is InChI=1S/C17H21NO3S/c1-3-14-9-10-16(13(2)17(14)21-12-11-18)22(19,20)15-7-5-4-6-8-15/h4-10H,3,11-12,18H2,1-2H3. The molecule has 0 heterocycles. The lowest BCUT2D eigenvalue weighted by atomic mass is 10.1. The number of hydrogen-bond donors (Lipinski definition) is 1. The third-order valence-corrected chi connectivity index (χ3v) is 5.44. The van der Waals surface area contributed by atoms with Crippen molar-refractivity contribution < 1.29 is 13.2 Å². The molecule has 0 spiro atoms. The molecule has 2 aromatic carbocycles. The molecule has 0 bridgehead atoms. The Labute approximate surface area is 131 Å². The van der Waals surface area contributed by atoms with E-state index in [2.05, 4.69) is 0 Å². The monoisotopic (exact) mass is 319 g/mol. The average Bonchev–Trinajstić information content (AvgIpc) is 2.54. The number of sulfone groups is 1. The average molecular weight is 319 g/mol. The van der Waals surface area contributed by atoms with Crippen LogP contribution in [-0.4, -0.2) is 21.6 Å². The second-order valence-electron chi connectivity index (χ2n) is 4.98. The van der Waals surface area contributed by atoms with E-state index in [-0.39, 0.29) is 9.79 Å². The van der Waals surface area contributed by atoms with E-state index in [0.717, 1.165) is 12.0 Å². The van der Waals surface area contributed by atoms with Crippen molar-refractivity contribution in [3.8, 4) is 5.75 Å². The topological polar surface area (TPSA) is 69.4 Å². The van der Waals surface area contributed by atoms with E-state index in [1.807, 2.05) is 13.0 Å². The molecule has 2 N–H and O–H groups in total. The Balaban J connectivity index is 2.57. The van der Waals surface area contributed by atoms with Crippen molar-refractivity contribution in [1.82, 2.24) is 0 Å². The van der Waals surface area contributed by atoms with Gasteiger partial charge in [0.05, 0.1) is 9.79 Å². The van der Waals surface area contributed by atoms with Gasteiger partial charge in [0.1, 0.15) is 12.4 Å². The molecular formula is C17H21NO3S. The van der Waals surface area contributed by atoms with Crippen molar-refractivity contribution in [2.45, 2.75) is 30.1 Å². The van der Waals surface area contributed by atoms with Crippen LogP contribution < -0.4 is 10.5 Å². The molecule has 0 unspecified atom stereocenters. The van der Waals surface area contributed by atoms with Crippen molar-refractivity contribution in [1.29, 1.82) is 0 Å². The van der Waals surface area contributed by atoms with E-state index < -0.39 is 9.84 Å². The minimum Gasteiger partial charge on any atom is -0.492 e. The van der Waals surface area contributed by atoms with Gasteiger partial charge < -0.3 is 10.5 Å². The summed E-state index contributed by atoms with van der Waals surface area (Å²) in [4.78, 5) is 0.565. The van der Waals surface area contributed by atoms with Gasteiger partial charge in [-0.3, -0.25) is 0 Å². The lowest BCUT2D eigenvalue weighted by Crippen LogP contribution is -2.13. The van der Waals surface area contributed by atoms with Crippen LogP contribution in [0.3, 0.4) is 0 Å². The molecule has 22 heavy (non-hydrogen) atoms. The van der Waals surface area contributed by atoms with E-state index in [9.17, 15) is 8.42 Å². The quantitative estimate of drug-likeness (QED) is 0.889. The lowest BCUT2D eigenvalue weighted by molar-refractivity contribution is 0.321. The number of ether oxygens (including phenoxy) is 1. The predicted octanol–water partition coefficient (Wildman–Crippen LogP) is 2.73. The van der Waals surface area contributed by atoms with Crippen LogP contribution in [0.2, 0.25) is 0 Å². The zero-order valence-electron chi connectivity index (χ0n) is 12.9. The molecule has 0 aliphatic carbocycles. The third-order valence-electron chi connectivity index (χ3n) is 3.53. The van der Waals surface area contributed by atoms with Crippen molar-refractivity contribution in [3.63, 3.8) is 0 Å². The summed E-state index contributed by atoms with van der Waals surface area (Å²) in [7, 11) is -3.55. The molecular weight excluding hydrogens is 298 g/mol. The molecule has 2 aromatic rings. The molecule has 0 radical (unpaired) electrons. The van der Waals surface area contributed by atoms with Crippen LogP contribution in [-0.2, 0) is 16.3 Å². The largest absolute Gasteiger partial charge is 0.492 e. The Hall–Kier alpha value is -1.85. The molecule has 0 aromatic heterocycles. The van der Waals surface area contributed by atoms with Gasteiger partial charge in [0.15, 0.2) is 0 Å². The molecule has 0 aliphatic rings. The van der Waals surface area contributed by atoms with Crippen molar-refractivity contribution in [3.05, 3.63) is 53.6 Å². The van der Waals surface area contributed by atoms with Gasteiger partial charge in [-0.05, 0) is 37.1 Å².